The van der Waals surface area contributed by atoms with E-state index in [1.165, 1.54) is 12.1 Å². The van der Waals surface area contributed by atoms with Gasteiger partial charge in [0.15, 0.2) is 0 Å². The highest BCUT2D eigenvalue weighted by Crippen LogP contribution is 2.17. The average molecular weight is 299 g/mol. The van der Waals surface area contributed by atoms with Crippen molar-refractivity contribution in [3.63, 3.8) is 0 Å². The Morgan fingerprint density at radius 3 is 2.58 bits per heavy atom. The van der Waals surface area contributed by atoms with Gasteiger partial charge in [-0.15, -0.1) is 0 Å². The zero-order valence-electron chi connectivity index (χ0n) is 9.77. The van der Waals surface area contributed by atoms with E-state index in [2.05, 4.69) is 4.74 Å². The van der Waals surface area contributed by atoms with Crippen LogP contribution in [0.4, 0.5) is 17.6 Å². The molecule has 0 heterocycles. The minimum absolute atomic E-state index is 0.0185. The van der Waals surface area contributed by atoms with Gasteiger partial charge in [-0.2, -0.15) is 13.2 Å². The number of carbonyl (C=O) groups excluding carboxylic acids is 1. The molecule has 0 N–H and O–H groups in total. The number of hydrogen-bond acceptors (Lipinski definition) is 2. The molecule has 1 aromatic carbocycles. The molecule has 0 unspecified atom stereocenters. The Morgan fingerprint density at radius 2 is 2.00 bits per heavy atom. The monoisotopic (exact) mass is 298 g/mol. The average Bonchev–Trinajstić information content (AvgIpc) is 2.28. The second-order valence-electron chi connectivity index (χ2n) is 3.88. The van der Waals surface area contributed by atoms with E-state index in [1.807, 2.05) is 0 Å². The Morgan fingerprint density at radius 1 is 1.32 bits per heavy atom. The quantitative estimate of drug-likeness (QED) is 0.593. The maximum Gasteiger partial charge on any atom is 0.411 e. The zero-order valence-corrected chi connectivity index (χ0v) is 10.5. The summed E-state index contributed by atoms with van der Waals surface area (Å²) in [7, 11) is 0. The van der Waals surface area contributed by atoms with Gasteiger partial charge < -0.3 is 4.74 Å². The lowest BCUT2D eigenvalue weighted by Crippen LogP contribution is -2.18. The third-order valence-corrected chi connectivity index (χ3v) is 2.47. The molecular weight excluding hydrogens is 288 g/mol. The number of benzene rings is 1. The van der Waals surface area contributed by atoms with Gasteiger partial charge in [-0.25, -0.2) is 4.39 Å². The number of ether oxygens (including phenoxy) is 1. The molecular formula is C12H11ClF4O2. The van der Waals surface area contributed by atoms with E-state index in [-0.39, 0.29) is 30.3 Å². The molecule has 0 aliphatic heterocycles. The first-order valence-electron chi connectivity index (χ1n) is 5.38. The molecule has 106 valence electrons. The number of ketones is 1. The second kappa shape index (κ2) is 6.86. The maximum atomic E-state index is 12.9. The van der Waals surface area contributed by atoms with Gasteiger partial charge in [0.25, 0.3) is 0 Å². The van der Waals surface area contributed by atoms with Crippen molar-refractivity contribution in [2.75, 3.05) is 13.2 Å². The van der Waals surface area contributed by atoms with E-state index < -0.39 is 18.6 Å². The molecule has 1 rings (SSSR count). The van der Waals surface area contributed by atoms with Gasteiger partial charge in [0.05, 0.1) is 11.6 Å². The van der Waals surface area contributed by atoms with Crippen LogP contribution in [0.25, 0.3) is 0 Å². The molecule has 0 amide bonds. The Labute approximate surface area is 112 Å². The van der Waals surface area contributed by atoms with Crippen LogP contribution in [0, 0.1) is 5.82 Å². The van der Waals surface area contributed by atoms with Crippen LogP contribution < -0.4 is 0 Å². The summed E-state index contributed by atoms with van der Waals surface area (Å²) in [6, 6.07) is 3.84. The van der Waals surface area contributed by atoms with E-state index >= 15 is 0 Å². The fraction of sp³-hybridized carbons (Fsp3) is 0.417. The van der Waals surface area contributed by atoms with Crippen LogP contribution in [-0.2, 0) is 16.0 Å². The predicted molar refractivity (Wildman–Crippen MR) is 61.6 cm³/mol. The largest absolute Gasteiger partial charge is 0.411 e. The van der Waals surface area contributed by atoms with Crippen LogP contribution in [0.3, 0.4) is 0 Å². The molecule has 1 aromatic rings. The molecule has 0 saturated carbocycles. The Kier molecular flexibility index (Phi) is 5.75. The fourth-order valence-electron chi connectivity index (χ4n) is 1.34. The molecule has 0 aliphatic rings. The summed E-state index contributed by atoms with van der Waals surface area (Å²) in [6.45, 7) is -1.67. The van der Waals surface area contributed by atoms with Crippen molar-refractivity contribution in [3.8, 4) is 0 Å². The first kappa shape index (κ1) is 15.9. The Hall–Kier alpha value is -1.14. The highest BCUT2D eigenvalue weighted by molar-refractivity contribution is 6.30. The number of rotatable bonds is 6. The lowest BCUT2D eigenvalue weighted by atomic mass is 10.1. The van der Waals surface area contributed by atoms with E-state index in [4.69, 9.17) is 11.6 Å². The minimum Gasteiger partial charge on any atom is -0.372 e. The van der Waals surface area contributed by atoms with Crippen LogP contribution >= 0.6 is 11.6 Å². The summed E-state index contributed by atoms with van der Waals surface area (Å²) in [6.07, 6.45) is -4.55. The van der Waals surface area contributed by atoms with E-state index in [0.29, 0.717) is 5.56 Å². The fourth-order valence-corrected chi connectivity index (χ4v) is 1.54. The predicted octanol–water partition coefficient (Wildman–Crippen LogP) is 3.56. The van der Waals surface area contributed by atoms with Gasteiger partial charge in [0.1, 0.15) is 18.2 Å². The molecule has 2 nitrogen and oxygen atoms in total. The van der Waals surface area contributed by atoms with Crippen molar-refractivity contribution in [1.82, 2.24) is 0 Å². The summed E-state index contributed by atoms with van der Waals surface area (Å²) in [4.78, 5) is 11.4. The molecule has 0 radical (unpaired) electrons. The normalized spacial score (nSPS) is 11.6. The Bertz CT molecular complexity index is 446. The summed E-state index contributed by atoms with van der Waals surface area (Å²) < 4.78 is 52.4. The van der Waals surface area contributed by atoms with Crippen LogP contribution in [0.15, 0.2) is 18.2 Å². The first-order valence-corrected chi connectivity index (χ1v) is 5.76. The molecule has 0 saturated heterocycles. The molecule has 0 atom stereocenters. The summed E-state index contributed by atoms with van der Waals surface area (Å²) in [5, 5.41) is -0.0985. The van der Waals surface area contributed by atoms with Gasteiger partial charge in [-0.1, -0.05) is 17.7 Å². The zero-order chi connectivity index (χ0) is 14.5. The summed E-state index contributed by atoms with van der Waals surface area (Å²) in [5.74, 6) is -0.892. The Balaban J connectivity index is 2.33. The molecule has 19 heavy (non-hydrogen) atoms. The van der Waals surface area contributed by atoms with E-state index in [1.54, 1.807) is 0 Å². The van der Waals surface area contributed by atoms with Crippen molar-refractivity contribution >= 4 is 17.4 Å². The van der Waals surface area contributed by atoms with Crippen LogP contribution in [0.2, 0.25) is 5.02 Å². The number of halogens is 5. The molecule has 0 fully saturated rings. The summed E-state index contributed by atoms with van der Waals surface area (Å²) in [5.41, 5.74) is 0.507. The van der Waals surface area contributed by atoms with E-state index in [0.717, 1.165) is 6.07 Å². The standard InChI is InChI=1S/C12H11ClF4O2/c13-10-6-8(1-2-11(10)14)5-9(18)3-4-19-7-12(15,16)17/h1-2,6H,3-5,7H2. The lowest BCUT2D eigenvalue weighted by Gasteiger charge is -2.07. The van der Waals surface area contributed by atoms with Gasteiger partial charge in [-0.3, -0.25) is 4.79 Å². The van der Waals surface area contributed by atoms with Crippen LogP contribution in [-0.4, -0.2) is 25.2 Å². The van der Waals surface area contributed by atoms with Gasteiger partial charge in [-0.05, 0) is 17.7 Å². The first-order chi connectivity index (χ1) is 8.78. The molecule has 0 aromatic heterocycles. The number of alkyl halides is 3. The SMILES string of the molecule is O=C(CCOCC(F)(F)F)Cc1ccc(F)c(Cl)c1. The van der Waals surface area contributed by atoms with Crippen LogP contribution in [0.1, 0.15) is 12.0 Å². The van der Waals surface area contributed by atoms with Crippen molar-refractivity contribution in [2.24, 2.45) is 0 Å². The van der Waals surface area contributed by atoms with Gasteiger partial charge >= 0.3 is 6.18 Å². The third kappa shape index (κ3) is 6.54. The molecule has 7 heteroatoms. The number of hydrogen-bond donors (Lipinski definition) is 0. The van der Waals surface area contributed by atoms with Crippen molar-refractivity contribution in [2.45, 2.75) is 19.0 Å². The topological polar surface area (TPSA) is 26.3 Å². The minimum atomic E-state index is -4.40. The smallest absolute Gasteiger partial charge is 0.372 e. The molecule has 0 aliphatic carbocycles. The number of Topliss-reactive ketones (excluding diaryl/α,β-unsaturated/α-hetero) is 1. The highest BCUT2D eigenvalue weighted by atomic mass is 35.5. The summed E-state index contributed by atoms with van der Waals surface area (Å²) >= 11 is 5.54. The lowest BCUT2D eigenvalue weighted by molar-refractivity contribution is -0.174. The van der Waals surface area contributed by atoms with Gasteiger partial charge in [0.2, 0.25) is 0 Å². The van der Waals surface area contributed by atoms with Crippen molar-refractivity contribution < 1.29 is 27.1 Å². The second-order valence-corrected chi connectivity index (χ2v) is 4.29. The number of carbonyl (C=O) groups is 1. The van der Waals surface area contributed by atoms with E-state index in [9.17, 15) is 22.4 Å². The van der Waals surface area contributed by atoms with Crippen molar-refractivity contribution in [3.05, 3.63) is 34.6 Å². The van der Waals surface area contributed by atoms with Crippen molar-refractivity contribution in [1.29, 1.82) is 0 Å². The molecule has 0 bridgehead atoms. The molecule has 0 spiro atoms. The van der Waals surface area contributed by atoms with Crippen LogP contribution in [0.5, 0.6) is 0 Å². The maximum absolute atomic E-state index is 12.9. The highest BCUT2D eigenvalue weighted by Gasteiger charge is 2.27. The van der Waals surface area contributed by atoms with Gasteiger partial charge in [0, 0.05) is 12.8 Å². The third-order valence-electron chi connectivity index (χ3n) is 2.18.